The van der Waals surface area contributed by atoms with Crippen molar-refractivity contribution in [3.63, 3.8) is 0 Å². The third kappa shape index (κ3) is 3.13. The zero-order chi connectivity index (χ0) is 18.0. The largest absolute Gasteiger partial charge is 0.466 e. The van der Waals surface area contributed by atoms with Gasteiger partial charge in [0.2, 0.25) is 0 Å². The molecule has 0 bridgehead atoms. The zero-order valence-electron chi connectivity index (χ0n) is 14.4. The number of allylic oxidation sites excluding steroid dienone is 1. The first-order valence-corrected chi connectivity index (χ1v) is 8.04. The lowest BCUT2D eigenvalue weighted by Gasteiger charge is -2.35. The van der Waals surface area contributed by atoms with Crippen LogP contribution in [-0.2, 0) is 9.53 Å². The minimum absolute atomic E-state index is 0.275. The monoisotopic (exact) mass is 336 g/mol. The van der Waals surface area contributed by atoms with Crippen molar-refractivity contribution in [1.29, 1.82) is 0 Å². The van der Waals surface area contributed by atoms with Crippen LogP contribution in [0.3, 0.4) is 0 Å². The number of hydrogen-bond acceptors (Lipinski definition) is 3. The van der Waals surface area contributed by atoms with Crippen molar-refractivity contribution in [2.45, 2.75) is 19.9 Å². The summed E-state index contributed by atoms with van der Waals surface area (Å²) in [5, 5.41) is 2.92. The van der Waals surface area contributed by atoms with Gasteiger partial charge in [0.15, 0.2) is 0 Å². The van der Waals surface area contributed by atoms with Crippen LogP contribution in [0.1, 0.15) is 24.1 Å². The van der Waals surface area contributed by atoms with Gasteiger partial charge in [-0.2, -0.15) is 0 Å². The summed E-state index contributed by atoms with van der Waals surface area (Å²) < 4.78 is 4.98. The summed E-state index contributed by atoms with van der Waals surface area (Å²) in [6.45, 7) is 3.74. The van der Waals surface area contributed by atoms with Gasteiger partial charge in [0, 0.05) is 5.70 Å². The van der Waals surface area contributed by atoms with E-state index >= 15 is 0 Å². The first-order chi connectivity index (χ1) is 12.0. The minimum Gasteiger partial charge on any atom is -0.466 e. The molecule has 0 spiro atoms. The third-order valence-electron chi connectivity index (χ3n) is 4.32. The Kier molecular flexibility index (Phi) is 4.57. The fraction of sp³-hybridized carbons (Fsp3) is 0.200. The standard InChI is InChI=1S/C20H20N2O3/c1-13-9-11-16(12-10-13)22-14(2)17(19(23)25-3)18(21-20(22)24)15-7-5-4-6-8-15/h4-12,18H,1-3H3,(H,21,24). The molecule has 2 amide bonds. The van der Waals surface area contributed by atoms with E-state index in [0.29, 0.717) is 17.0 Å². The second-order valence-electron chi connectivity index (χ2n) is 5.95. The lowest BCUT2D eigenvalue weighted by Crippen LogP contribution is -2.48. The van der Waals surface area contributed by atoms with Gasteiger partial charge in [-0.05, 0) is 31.5 Å². The van der Waals surface area contributed by atoms with Crippen molar-refractivity contribution >= 4 is 17.7 Å². The van der Waals surface area contributed by atoms with Crippen LogP contribution >= 0.6 is 0 Å². The van der Waals surface area contributed by atoms with Crippen LogP contribution in [-0.4, -0.2) is 19.1 Å². The van der Waals surface area contributed by atoms with E-state index in [1.165, 1.54) is 12.0 Å². The van der Waals surface area contributed by atoms with Crippen LogP contribution in [0, 0.1) is 6.92 Å². The number of carbonyl (C=O) groups is 2. The molecule has 1 aliphatic heterocycles. The quantitative estimate of drug-likeness (QED) is 0.869. The Balaban J connectivity index is 2.12. The number of ether oxygens (including phenoxy) is 1. The smallest absolute Gasteiger partial charge is 0.337 e. The number of carbonyl (C=O) groups excluding carboxylic acids is 2. The van der Waals surface area contributed by atoms with Crippen molar-refractivity contribution in [2.24, 2.45) is 0 Å². The van der Waals surface area contributed by atoms with E-state index in [0.717, 1.165) is 11.1 Å². The van der Waals surface area contributed by atoms with Gasteiger partial charge in [-0.15, -0.1) is 0 Å². The fourth-order valence-corrected chi connectivity index (χ4v) is 3.02. The van der Waals surface area contributed by atoms with E-state index in [1.54, 1.807) is 6.92 Å². The van der Waals surface area contributed by atoms with Crippen molar-refractivity contribution in [2.75, 3.05) is 12.0 Å². The van der Waals surface area contributed by atoms with Crippen LogP contribution in [0.2, 0.25) is 0 Å². The molecule has 128 valence electrons. The van der Waals surface area contributed by atoms with Crippen molar-refractivity contribution in [3.05, 3.63) is 77.0 Å². The highest BCUT2D eigenvalue weighted by atomic mass is 16.5. The molecule has 1 unspecified atom stereocenters. The molecule has 2 aromatic carbocycles. The normalized spacial score (nSPS) is 17.3. The second kappa shape index (κ2) is 6.81. The topological polar surface area (TPSA) is 58.6 Å². The number of anilines is 1. The van der Waals surface area contributed by atoms with Crippen molar-refractivity contribution in [3.8, 4) is 0 Å². The van der Waals surface area contributed by atoms with Crippen LogP contribution in [0.25, 0.3) is 0 Å². The molecule has 0 aliphatic carbocycles. The maximum absolute atomic E-state index is 12.8. The van der Waals surface area contributed by atoms with Gasteiger partial charge in [-0.1, -0.05) is 48.0 Å². The number of hydrogen-bond donors (Lipinski definition) is 1. The minimum atomic E-state index is -0.539. The molecule has 3 rings (SSSR count). The average Bonchev–Trinajstić information content (AvgIpc) is 2.63. The Labute approximate surface area is 146 Å². The number of benzene rings is 2. The van der Waals surface area contributed by atoms with E-state index in [-0.39, 0.29) is 6.03 Å². The Morgan fingerprint density at radius 3 is 2.28 bits per heavy atom. The lowest BCUT2D eigenvalue weighted by molar-refractivity contribution is -0.136. The summed E-state index contributed by atoms with van der Waals surface area (Å²) in [7, 11) is 1.34. The number of esters is 1. The maximum atomic E-state index is 12.8. The van der Waals surface area contributed by atoms with Gasteiger partial charge in [-0.3, -0.25) is 4.90 Å². The van der Waals surface area contributed by atoms with Crippen LogP contribution in [0.5, 0.6) is 0 Å². The molecule has 2 aromatic rings. The molecule has 1 atom stereocenters. The Morgan fingerprint density at radius 2 is 1.68 bits per heavy atom. The molecular formula is C20H20N2O3. The highest BCUT2D eigenvalue weighted by Crippen LogP contribution is 2.33. The molecule has 1 aliphatic rings. The predicted octanol–water partition coefficient (Wildman–Crippen LogP) is 3.71. The van der Waals surface area contributed by atoms with E-state index < -0.39 is 12.0 Å². The summed E-state index contributed by atoms with van der Waals surface area (Å²) in [4.78, 5) is 26.7. The van der Waals surface area contributed by atoms with E-state index in [9.17, 15) is 9.59 Å². The number of aryl methyl sites for hydroxylation is 1. The summed E-state index contributed by atoms with van der Waals surface area (Å²) in [6, 6.07) is 16.1. The SMILES string of the molecule is COC(=O)C1=C(C)N(c2ccc(C)cc2)C(=O)NC1c1ccccc1. The van der Waals surface area contributed by atoms with Crippen LogP contribution in [0.4, 0.5) is 10.5 Å². The predicted molar refractivity (Wildman–Crippen MR) is 96.1 cm³/mol. The number of methoxy groups -OCH3 is 1. The first kappa shape index (κ1) is 16.8. The van der Waals surface area contributed by atoms with E-state index in [1.807, 2.05) is 61.5 Å². The molecule has 1 heterocycles. The number of amides is 2. The molecule has 0 aromatic heterocycles. The molecular weight excluding hydrogens is 316 g/mol. The number of urea groups is 1. The number of nitrogens with zero attached hydrogens (tertiary/aromatic N) is 1. The molecule has 25 heavy (non-hydrogen) atoms. The molecule has 0 saturated heterocycles. The first-order valence-electron chi connectivity index (χ1n) is 8.04. The summed E-state index contributed by atoms with van der Waals surface area (Å²) >= 11 is 0. The summed E-state index contributed by atoms with van der Waals surface area (Å²) in [5.41, 5.74) is 3.62. The average molecular weight is 336 g/mol. The molecule has 0 fully saturated rings. The highest BCUT2D eigenvalue weighted by molar-refractivity contribution is 6.03. The van der Waals surface area contributed by atoms with Crippen molar-refractivity contribution in [1.82, 2.24) is 5.32 Å². The van der Waals surface area contributed by atoms with Gasteiger partial charge in [0.05, 0.1) is 24.4 Å². The number of nitrogens with one attached hydrogen (secondary N) is 1. The fourth-order valence-electron chi connectivity index (χ4n) is 3.02. The van der Waals surface area contributed by atoms with Crippen molar-refractivity contribution < 1.29 is 14.3 Å². The van der Waals surface area contributed by atoms with E-state index in [4.69, 9.17) is 4.74 Å². The van der Waals surface area contributed by atoms with Gasteiger partial charge in [0.25, 0.3) is 0 Å². The maximum Gasteiger partial charge on any atom is 0.337 e. The summed E-state index contributed by atoms with van der Waals surface area (Å²) in [5.74, 6) is -0.455. The van der Waals surface area contributed by atoms with E-state index in [2.05, 4.69) is 5.32 Å². The Bertz CT molecular complexity index is 826. The van der Waals surface area contributed by atoms with Crippen LogP contribution < -0.4 is 10.2 Å². The molecule has 0 saturated carbocycles. The van der Waals surface area contributed by atoms with Gasteiger partial charge in [-0.25, -0.2) is 9.59 Å². The van der Waals surface area contributed by atoms with Gasteiger partial charge < -0.3 is 10.1 Å². The third-order valence-corrected chi connectivity index (χ3v) is 4.32. The number of rotatable bonds is 3. The molecule has 0 radical (unpaired) electrons. The molecule has 1 N–H and O–H groups in total. The zero-order valence-corrected chi connectivity index (χ0v) is 14.4. The molecule has 5 heteroatoms. The van der Waals surface area contributed by atoms with Gasteiger partial charge >= 0.3 is 12.0 Å². The lowest BCUT2D eigenvalue weighted by atomic mass is 9.94. The molecule has 5 nitrogen and oxygen atoms in total. The Hall–Kier alpha value is -3.08. The second-order valence-corrected chi connectivity index (χ2v) is 5.95. The highest BCUT2D eigenvalue weighted by Gasteiger charge is 2.36. The Morgan fingerprint density at radius 1 is 1.04 bits per heavy atom. The van der Waals surface area contributed by atoms with Gasteiger partial charge in [0.1, 0.15) is 0 Å². The van der Waals surface area contributed by atoms with Crippen LogP contribution in [0.15, 0.2) is 65.9 Å². The summed E-state index contributed by atoms with van der Waals surface area (Å²) in [6.07, 6.45) is 0.